The highest BCUT2D eigenvalue weighted by Gasteiger charge is 2.47. The zero-order valence-corrected chi connectivity index (χ0v) is 26.0. The first-order valence-electron chi connectivity index (χ1n) is 14.8. The minimum atomic E-state index is -1.99. The van der Waals surface area contributed by atoms with E-state index in [1.165, 1.54) is 13.8 Å². The Labute approximate surface area is 249 Å². The van der Waals surface area contributed by atoms with E-state index in [1.807, 2.05) is 26.8 Å². The van der Waals surface area contributed by atoms with Gasteiger partial charge in [-0.2, -0.15) is 0 Å². The number of cyclic esters (lactones) is 1. The molecule has 1 amide bonds. The van der Waals surface area contributed by atoms with E-state index in [0.29, 0.717) is 12.3 Å². The smallest absolute Gasteiger partial charge is 0.404 e. The first kappa shape index (κ1) is 35.3. The highest BCUT2D eigenvalue weighted by Crippen LogP contribution is 2.37. The molecule has 0 aromatic heterocycles. The molecule has 42 heavy (non-hydrogen) atoms. The van der Waals surface area contributed by atoms with Crippen LogP contribution in [-0.2, 0) is 38.1 Å². The zero-order chi connectivity index (χ0) is 31.6. The molecule has 2 bridgehead atoms. The fraction of sp³-hybridized carbons (Fsp3) is 0.742. The van der Waals surface area contributed by atoms with Crippen molar-refractivity contribution >= 4 is 24.0 Å². The number of ether oxygens (including phenoxy) is 5. The van der Waals surface area contributed by atoms with Crippen LogP contribution in [0, 0.1) is 17.8 Å². The second-order valence-corrected chi connectivity index (χ2v) is 12.0. The van der Waals surface area contributed by atoms with Gasteiger partial charge in [-0.1, -0.05) is 44.6 Å². The third-order valence-corrected chi connectivity index (χ3v) is 7.87. The molecule has 0 aromatic carbocycles. The minimum absolute atomic E-state index is 0.123. The van der Waals surface area contributed by atoms with Gasteiger partial charge >= 0.3 is 24.0 Å². The molecule has 2 aliphatic rings. The van der Waals surface area contributed by atoms with Crippen LogP contribution >= 0.6 is 0 Å². The van der Waals surface area contributed by atoms with E-state index < -0.39 is 72.6 Å². The molecule has 2 aliphatic heterocycles. The molecular weight excluding hydrogens is 546 g/mol. The number of hydrogen-bond acceptors (Lipinski definition) is 10. The van der Waals surface area contributed by atoms with E-state index in [0.717, 1.165) is 18.4 Å². The van der Waals surface area contributed by atoms with Crippen molar-refractivity contribution in [2.24, 2.45) is 23.5 Å². The normalized spacial score (nSPS) is 33.7. The third kappa shape index (κ3) is 11.8. The van der Waals surface area contributed by atoms with E-state index in [1.54, 1.807) is 13.0 Å². The molecule has 0 spiro atoms. The summed E-state index contributed by atoms with van der Waals surface area (Å²) in [4.78, 5) is 49.0. The van der Waals surface area contributed by atoms with Gasteiger partial charge in [-0.15, -0.1) is 0 Å². The Kier molecular flexibility index (Phi) is 13.5. The topological polar surface area (TPSA) is 161 Å². The van der Waals surface area contributed by atoms with Crippen LogP contribution in [0.1, 0.15) is 93.4 Å². The molecule has 1 saturated heterocycles. The third-order valence-electron chi connectivity index (χ3n) is 7.87. The standard InChI is InChI=1S/C31H49NO10/c1-8-9-18(2)10-11-20(4)26-15-25(39-23(7)34)14-24(38-22(6)33)12-19(3)13-27-21(5)28(41-30(32)36)16-31(37,42-27)17-29(35)40-26/h8-9,13,18,20-21,24-28,37H,10-12,14-17H2,1-7H3,(H2,32,36)/b9-8+,19-13-/t18?,20?,21-,24-,25?,26-,27+,28+,31+/m1/s1. The molecule has 0 aromatic rings. The van der Waals surface area contributed by atoms with Crippen LogP contribution in [0.3, 0.4) is 0 Å². The number of carbonyl (C=O) groups excluding carboxylic acids is 4. The molecule has 0 saturated carbocycles. The average molecular weight is 596 g/mol. The molecule has 9 atom stereocenters. The maximum absolute atomic E-state index is 13.3. The highest BCUT2D eigenvalue weighted by atomic mass is 16.6. The Hall–Kier alpha value is -2.92. The van der Waals surface area contributed by atoms with E-state index >= 15 is 0 Å². The van der Waals surface area contributed by atoms with E-state index in [2.05, 4.69) is 13.0 Å². The molecule has 1 fully saturated rings. The van der Waals surface area contributed by atoms with Crippen LogP contribution in [0.4, 0.5) is 4.79 Å². The van der Waals surface area contributed by atoms with Crippen molar-refractivity contribution in [1.29, 1.82) is 0 Å². The molecule has 238 valence electrons. The number of carbonyl (C=O) groups is 4. The Morgan fingerprint density at radius 1 is 1.12 bits per heavy atom. The predicted octanol–water partition coefficient (Wildman–Crippen LogP) is 4.49. The largest absolute Gasteiger partial charge is 0.462 e. The summed E-state index contributed by atoms with van der Waals surface area (Å²) in [6, 6.07) is 0. The highest BCUT2D eigenvalue weighted by molar-refractivity contribution is 5.71. The van der Waals surface area contributed by atoms with Gasteiger partial charge < -0.3 is 34.5 Å². The molecule has 2 rings (SSSR count). The van der Waals surface area contributed by atoms with Gasteiger partial charge in [0.15, 0.2) is 5.79 Å². The second-order valence-electron chi connectivity index (χ2n) is 12.0. The number of allylic oxidation sites excluding steroid dienone is 2. The van der Waals surface area contributed by atoms with Gasteiger partial charge in [-0.05, 0) is 38.5 Å². The van der Waals surface area contributed by atoms with Gasteiger partial charge in [0.2, 0.25) is 0 Å². The maximum atomic E-state index is 13.3. The van der Waals surface area contributed by atoms with Gasteiger partial charge in [0.1, 0.15) is 24.4 Å². The van der Waals surface area contributed by atoms with E-state index in [4.69, 9.17) is 29.4 Å². The summed E-state index contributed by atoms with van der Waals surface area (Å²) in [6.45, 7) is 12.2. The van der Waals surface area contributed by atoms with Gasteiger partial charge in [0.05, 0.1) is 12.5 Å². The summed E-state index contributed by atoms with van der Waals surface area (Å²) in [5.41, 5.74) is 6.06. The van der Waals surface area contributed by atoms with Crippen molar-refractivity contribution in [3.63, 3.8) is 0 Å². The van der Waals surface area contributed by atoms with Gasteiger partial charge in [0, 0.05) is 45.4 Å². The second kappa shape index (κ2) is 16.1. The van der Waals surface area contributed by atoms with E-state index in [9.17, 15) is 24.3 Å². The van der Waals surface area contributed by atoms with Crippen molar-refractivity contribution < 1.29 is 48.0 Å². The fourth-order valence-electron chi connectivity index (χ4n) is 5.78. The molecule has 0 radical (unpaired) electrons. The van der Waals surface area contributed by atoms with Gasteiger partial charge in [0.25, 0.3) is 0 Å². The summed E-state index contributed by atoms with van der Waals surface area (Å²) in [5.74, 6) is -3.91. The number of hydrogen-bond donors (Lipinski definition) is 2. The van der Waals surface area contributed by atoms with Crippen LogP contribution in [-0.4, -0.2) is 65.4 Å². The number of rotatable bonds is 8. The Bertz CT molecular complexity index is 1010. The summed E-state index contributed by atoms with van der Waals surface area (Å²) in [5, 5.41) is 11.4. The summed E-state index contributed by atoms with van der Waals surface area (Å²) >= 11 is 0. The van der Waals surface area contributed by atoms with Gasteiger partial charge in [-0.25, -0.2) is 4.79 Å². The van der Waals surface area contributed by atoms with Crippen molar-refractivity contribution in [1.82, 2.24) is 0 Å². The SMILES string of the molecule is C/C=C/C(C)CCC(C)[C@H]1CC(OC(C)=O)C[C@H](OC(C)=O)C/C(C)=C\[C@@H]2O[C@](O)(CC(=O)O1)C[C@H](OC(N)=O)[C@@H]2C. The maximum Gasteiger partial charge on any atom is 0.404 e. The lowest BCUT2D eigenvalue weighted by Gasteiger charge is -2.43. The molecule has 11 nitrogen and oxygen atoms in total. The summed E-state index contributed by atoms with van der Waals surface area (Å²) in [7, 11) is 0. The van der Waals surface area contributed by atoms with Crippen LogP contribution < -0.4 is 5.73 Å². The molecule has 0 aliphatic carbocycles. The van der Waals surface area contributed by atoms with Crippen molar-refractivity contribution in [2.45, 2.75) is 130 Å². The number of fused-ring (bicyclic) bond motifs is 2. The first-order chi connectivity index (χ1) is 19.6. The average Bonchev–Trinajstić information content (AvgIpc) is 2.83. The zero-order valence-electron chi connectivity index (χ0n) is 26.0. The number of esters is 3. The Morgan fingerprint density at radius 2 is 1.76 bits per heavy atom. The van der Waals surface area contributed by atoms with Crippen molar-refractivity contribution in [3.8, 4) is 0 Å². The summed E-state index contributed by atoms with van der Waals surface area (Å²) < 4.78 is 28.6. The van der Waals surface area contributed by atoms with Crippen molar-refractivity contribution in [3.05, 3.63) is 23.8 Å². The minimum Gasteiger partial charge on any atom is -0.462 e. The predicted molar refractivity (Wildman–Crippen MR) is 154 cm³/mol. The van der Waals surface area contributed by atoms with Crippen LogP contribution in [0.15, 0.2) is 23.8 Å². The van der Waals surface area contributed by atoms with Gasteiger partial charge in [-0.3, -0.25) is 14.4 Å². The lowest BCUT2D eigenvalue weighted by Crippen LogP contribution is -2.53. The van der Waals surface area contributed by atoms with E-state index in [-0.39, 0.29) is 25.2 Å². The van der Waals surface area contributed by atoms with Crippen molar-refractivity contribution in [2.75, 3.05) is 0 Å². The van der Waals surface area contributed by atoms with Crippen LogP contribution in [0.5, 0.6) is 0 Å². The number of aliphatic hydroxyl groups is 1. The Balaban J connectivity index is 2.50. The lowest BCUT2D eigenvalue weighted by molar-refractivity contribution is -0.279. The first-order valence-corrected chi connectivity index (χ1v) is 14.8. The summed E-state index contributed by atoms with van der Waals surface area (Å²) in [6.07, 6.45) is 2.80. The Morgan fingerprint density at radius 3 is 2.36 bits per heavy atom. The molecular formula is C31H49NO10. The number of nitrogens with two attached hydrogens (primary N) is 1. The quantitative estimate of drug-likeness (QED) is 0.232. The lowest BCUT2D eigenvalue weighted by atomic mass is 9.85. The molecule has 11 heteroatoms. The van der Waals surface area contributed by atoms with Crippen LogP contribution in [0.2, 0.25) is 0 Å². The number of amides is 1. The fourth-order valence-corrected chi connectivity index (χ4v) is 5.78. The van der Waals surface area contributed by atoms with Crippen LogP contribution in [0.25, 0.3) is 0 Å². The number of primary amides is 1. The molecule has 2 heterocycles. The monoisotopic (exact) mass is 595 g/mol. The molecule has 3 N–H and O–H groups in total. The molecule has 3 unspecified atom stereocenters.